The van der Waals surface area contributed by atoms with Gasteiger partial charge in [-0.1, -0.05) is 0 Å². The van der Waals surface area contributed by atoms with Crippen LogP contribution in [0.25, 0.3) is 0 Å². The van der Waals surface area contributed by atoms with Crippen molar-refractivity contribution in [2.75, 3.05) is 13.1 Å². The van der Waals surface area contributed by atoms with Crippen LogP contribution in [-0.2, 0) is 14.8 Å². The molecule has 0 aromatic carbocycles. The van der Waals surface area contributed by atoms with E-state index in [2.05, 4.69) is 31.2 Å². The molecule has 0 saturated heterocycles. The van der Waals surface area contributed by atoms with Gasteiger partial charge in [0.1, 0.15) is 10.6 Å². The Hall–Kier alpha value is -2.71. The maximum Gasteiger partial charge on any atom is 0.265 e. The Labute approximate surface area is 144 Å². The zero-order chi connectivity index (χ0) is 18.5. The number of aromatic nitrogens is 1. The first-order chi connectivity index (χ1) is 11.8. The Morgan fingerprint density at radius 2 is 2.08 bits per heavy atom. The minimum Gasteiger partial charge on any atom is -0.364 e. The number of carbonyl (C=O) groups excluding carboxylic acids is 2. The summed E-state index contributed by atoms with van der Waals surface area (Å²) in [5.74, 6) is 1.23. The lowest BCUT2D eigenvalue weighted by molar-refractivity contribution is -0.119. The van der Waals surface area contributed by atoms with Crippen LogP contribution in [0.3, 0.4) is 0 Å². The Balaban J connectivity index is 1.75. The van der Waals surface area contributed by atoms with Crippen LogP contribution in [0.5, 0.6) is 0 Å². The van der Waals surface area contributed by atoms with Gasteiger partial charge in [0.2, 0.25) is 15.9 Å². The average Bonchev–Trinajstić information content (AvgIpc) is 3.12. The number of hydrogen-bond donors (Lipinski definition) is 4. The first kappa shape index (κ1) is 18.6. The number of terminal acetylenes is 1. The van der Waals surface area contributed by atoms with Crippen molar-refractivity contribution in [1.29, 1.82) is 0 Å². The molecule has 0 saturated carbocycles. The molecule has 2 amide bonds. The molecule has 0 radical (unpaired) electrons. The summed E-state index contributed by atoms with van der Waals surface area (Å²) in [4.78, 5) is 25.0. The number of amides is 2. The van der Waals surface area contributed by atoms with Gasteiger partial charge in [-0.2, -0.15) is 10.2 Å². The molecule has 2 rings (SSSR count). The van der Waals surface area contributed by atoms with Crippen molar-refractivity contribution in [2.45, 2.75) is 29.8 Å². The van der Waals surface area contributed by atoms with E-state index in [0.717, 1.165) is 12.3 Å². The third-order valence-electron chi connectivity index (χ3n) is 3.56. The average molecular weight is 366 g/mol. The van der Waals surface area contributed by atoms with Crippen LogP contribution >= 0.6 is 0 Å². The molecule has 0 atom stereocenters. The van der Waals surface area contributed by atoms with Gasteiger partial charge in [-0.25, -0.2) is 13.1 Å². The molecule has 25 heavy (non-hydrogen) atoms. The van der Waals surface area contributed by atoms with Crippen LogP contribution in [0.4, 0.5) is 0 Å². The molecule has 0 bridgehead atoms. The molecule has 10 nitrogen and oxygen atoms in total. The second-order valence-corrected chi connectivity index (χ2v) is 7.19. The van der Waals surface area contributed by atoms with E-state index in [9.17, 15) is 18.0 Å². The maximum atomic E-state index is 12.0. The molecule has 1 aliphatic heterocycles. The molecule has 1 aromatic rings. The van der Waals surface area contributed by atoms with Crippen molar-refractivity contribution < 1.29 is 18.0 Å². The number of nitrogens with two attached hydrogens (primary N) is 1. The molecule has 2 heterocycles. The van der Waals surface area contributed by atoms with E-state index in [-0.39, 0.29) is 10.6 Å². The Kier molecular flexibility index (Phi) is 5.55. The Bertz CT molecular complexity index is 830. The Morgan fingerprint density at radius 1 is 1.36 bits per heavy atom. The van der Waals surface area contributed by atoms with Gasteiger partial charge in [0.15, 0.2) is 5.66 Å². The lowest BCUT2D eigenvalue weighted by Crippen LogP contribution is -2.38. The van der Waals surface area contributed by atoms with Crippen molar-refractivity contribution in [3.05, 3.63) is 18.0 Å². The van der Waals surface area contributed by atoms with E-state index in [1.807, 2.05) is 0 Å². The normalized spacial score (nSPS) is 14.7. The number of nitrogens with one attached hydrogen (secondary N) is 3. The van der Waals surface area contributed by atoms with E-state index in [0.29, 0.717) is 25.8 Å². The van der Waals surface area contributed by atoms with Crippen LogP contribution < -0.4 is 15.8 Å². The second kappa shape index (κ2) is 7.45. The first-order valence-electron chi connectivity index (χ1n) is 7.40. The van der Waals surface area contributed by atoms with Gasteiger partial charge in [-0.3, -0.25) is 9.59 Å². The SMILES string of the molecule is C#CCCC1(CCNC(=O)CNS(=O)(=O)c2c[nH]c(C(N)=O)c2)N=N1. The van der Waals surface area contributed by atoms with Crippen LogP contribution in [0.15, 0.2) is 27.4 Å². The van der Waals surface area contributed by atoms with Crippen molar-refractivity contribution in [3.8, 4) is 12.3 Å². The lowest BCUT2D eigenvalue weighted by atomic mass is 10.0. The van der Waals surface area contributed by atoms with Crippen LogP contribution in [0.1, 0.15) is 29.8 Å². The topological polar surface area (TPSA) is 159 Å². The third kappa shape index (κ3) is 5.13. The minimum atomic E-state index is -3.93. The highest BCUT2D eigenvalue weighted by Crippen LogP contribution is 2.35. The quantitative estimate of drug-likeness (QED) is 0.410. The Morgan fingerprint density at radius 3 is 2.64 bits per heavy atom. The number of rotatable bonds is 10. The molecule has 134 valence electrons. The fourth-order valence-electron chi connectivity index (χ4n) is 2.05. The lowest BCUT2D eigenvalue weighted by Gasteiger charge is -2.10. The van der Waals surface area contributed by atoms with E-state index in [1.54, 1.807) is 0 Å². The van der Waals surface area contributed by atoms with Gasteiger partial charge in [0.25, 0.3) is 5.91 Å². The fraction of sp³-hybridized carbons (Fsp3) is 0.429. The van der Waals surface area contributed by atoms with Crippen molar-refractivity contribution in [2.24, 2.45) is 16.0 Å². The van der Waals surface area contributed by atoms with Crippen molar-refractivity contribution in [3.63, 3.8) is 0 Å². The monoisotopic (exact) mass is 366 g/mol. The summed E-state index contributed by atoms with van der Waals surface area (Å²) in [6.45, 7) is -0.140. The van der Waals surface area contributed by atoms with Gasteiger partial charge in [-0.15, -0.1) is 12.3 Å². The first-order valence-corrected chi connectivity index (χ1v) is 8.88. The van der Waals surface area contributed by atoms with Crippen molar-refractivity contribution >= 4 is 21.8 Å². The summed E-state index contributed by atoms with van der Waals surface area (Å²) in [6, 6.07) is 1.09. The van der Waals surface area contributed by atoms with E-state index < -0.39 is 34.0 Å². The number of primary amides is 1. The number of nitrogens with zero attached hydrogens (tertiary/aromatic N) is 2. The van der Waals surface area contributed by atoms with Gasteiger partial charge in [0, 0.05) is 32.0 Å². The molecular formula is C14H18N6O4S. The molecule has 0 spiro atoms. The van der Waals surface area contributed by atoms with Crippen molar-refractivity contribution in [1.82, 2.24) is 15.0 Å². The predicted octanol–water partition coefficient (Wildman–Crippen LogP) is -0.526. The van der Waals surface area contributed by atoms with E-state index in [4.69, 9.17) is 12.2 Å². The van der Waals surface area contributed by atoms with Gasteiger partial charge >= 0.3 is 0 Å². The molecule has 11 heteroatoms. The fourth-order valence-corrected chi connectivity index (χ4v) is 3.02. The molecule has 0 fully saturated rings. The molecule has 0 unspecified atom stereocenters. The number of H-pyrrole nitrogens is 1. The number of sulfonamides is 1. The zero-order valence-electron chi connectivity index (χ0n) is 13.3. The molecule has 1 aromatic heterocycles. The highest BCUT2D eigenvalue weighted by Gasteiger charge is 2.38. The third-order valence-corrected chi connectivity index (χ3v) is 4.94. The van der Waals surface area contributed by atoms with Gasteiger partial charge < -0.3 is 16.0 Å². The molecule has 1 aliphatic rings. The number of carbonyl (C=O) groups is 2. The largest absolute Gasteiger partial charge is 0.364 e. The van der Waals surface area contributed by atoms with Crippen LogP contribution in [0.2, 0.25) is 0 Å². The minimum absolute atomic E-state index is 0.0426. The standard InChI is InChI=1S/C14H18N6O4S/c1-2-3-4-14(19-20-14)5-6-16-12(21)9-18-25(23,24)10-7-11(13(15)22)17-8-10/h1,7-8,17-18H,3-6,9H2,(H2,15,22)(H,16,21). The summed E-state index contributed by atoms with van der Waals surface area (Å²) in [6.07, 6.45) is 7.99. The van der Waals surface area contributed by atoms with Gasteiger partial charge in [0.05, 0.1) is 6.54 Å². The molecule has 5 N–H and O–H groups in total. The van der Waals surface area contributed by atoms with E-state index >= 15 is 0 Å². The second-order valence-electron chi connectivity index (χ2n) is 5.42. The van der Waals surface area contributed by atoms with E-state index in [1.165, 1.54) is 0 Å². The van der Waals surface area contributed by atoms with Crippen LogP contribution in [-0.4, -0.2) is 44.0 Å². The zero-order valence-corrected chi connectivity index (χ0v) is 14.1. The number of hydrogen-bond acceptors (Lipinski definition) is 6. The highest BCUT2D eigenvalue weighted by atomic mass is 32.2. The summed E-state index contributed by atoms with van der Waals surface area (Å²) in [5, 5.41) is 10.5. The summed E-state index contributed by atoms with van der Waals surface area (Å²) in [5.41, 5.74) is 4.50. The van der Waals surface area contributed by atoms with Crippen LogP contribution in [0, 0.1) is 12.3 Å². The maximum absolute atomic E-state index is 12.0. The molecular weight excluding hydrogens is 348 g/mol. The smallest absolute Gasteiger partial charge is 0.265 e. The van der Waals surface area contributed by atoms with Gasteiger partial charge in [-0.05, 0) is 6.07 Å². The number of aromatic amines is 1. The summed E-state index contributed by atoms with van der Waals surface area (Å²) in [7, 11) is -3.93. The predicted molar refractivity (Wildman–Crippen MR) is 87.8 cm³/mol. The molecule has 0 aliphatic carbocycles. The summed E-state index contributed by atoms with van der Waals surface area (Å²) >= 11 is 0. The highest BCUT2D eigenvalue weighted by molar-refractivity contribution is 7.89. The summed E-state index contributed by atoms with van der Waals surface area (Å²) < 4.78 is 26.2.